The van der Waals surface area contributed by atoms with Gasteiger partial charge in [0.1, 0.15) is 0 Å². The van der Waals surface area contributed by atoms with Gasteiger partial charge in [-0.25, -0.2) is 4.79 Å². The first-order chi connectivity index (χ1) is 8.00. The molecular weight excluding hydrogens is 232 g/mol. The van der Waals surface area contributed by atoms with Crippen LogP contribution in [-0.2, 0) is 4.79 Å². The highest BCUT2D eigenvalue weighted by Gasteiger charge is 2.44. The number of hydrogen-bond donors (Lipinski definition) is 3. The van der Waals surface area contributed by atoms with Crippen LogP contribution in [0.2, 0.25) is 0 Å². The third kappa shape index (κ3) is 4.55. The van der Waals surface area contributed by atoms with E-state index in [4.69, 9.17) is 5.11 Å². The van der Waals surface area contributed by atoms with E-state index in [1.807, 2.05) is 0 Å². The standard InChI is InChI=1S/C13H26N2O3/c1-9(2)7-8-14-11(18)15-13(5,6)12(3,4)10(16)17/h9H,7-8H2,1-6H3,(H,16,17)(H2,14,15,18). The summed E-state index contributed by atoms with van der Waals surface area (Å²) in [6.45, 7) is 11.4. The highest BCUT2D eigenvalue weighted by Crippen LogP contribution is 2.30. The molecule has 18 heavy (non-hydrogen) atoms. The minimum absolute atomic E-state index is 0.324. The summed E-state index contributed by atoms with van der Waals surface area (Å²) in [6.07, 6.45) is 0.899. The minimum Gasteiger partial charge on any atom is -0.481 e. The van der Waals surface area contributed by atoms with Crippen molar-refractivity contribution in [3.8, 4) is 0 Å². The van der Waals surface area contributed by atoms with Crippen LogP contribution in [0.4, 0.5) is 4.79 Å². The molecule has 5 heteroatoms. The van der Waals surface area contributed by atoms with Crippen LogP contribution in [0.1, 0.15) is 48.0 Å². The fraction of sp³-hybridized carbons (Fsp3) is 0.846. The van der Waals surface area contributed by atoms with Crippen molar-refractivity contribution in [3.05, 3.63) is 0 Å². The second-order valence-corrected chi connectivity index (χ2v) is 6.12. The Hall–Kier alpha value is -1.26. The van der Waals surface area contributed by atoms with E-state index in [0.29, 0.717) is 12.5 Å². The molecule has 0 radical (unpaired) electrons. The van der Waals surface area contributed by atoms with Crippen LogP contribution < -0.4 is 10.6 Å². The SMILES string of the molecule is CC(C)CCNC(=O)NC(C)(C)C(C)(C)C(=O)O. The molecule has 106 valence electrons. The Balaban J connectivity index is 4.41. The molecule has 0 fully saturated rings. The van der Waals surface area contributed by atoms with Crippen molar-refractivity contribution in [2.24, 2.45) is 11.3 Å². The average molecular weight is 258 g/mol. The first kappa shape index (κ1) is 16.7. The Morgan fingerprint density at radius 3 is 2.06 bits per heavy atom. The quantitative estimate of drug-likeness (QED) is 0.683. The van der Waals surface area contributed by atoms with Crippen molar-refractivity contribution >= 4 is 12.0 Å². The van der Waals surface area contributed by atoms with Crippen LogP contribution in [0.3, 0.4) is 0 Å². The van der Waals surface area contributed by atoms with E-state index in [0.717, 1.165) is 6.42 Å². The molecule has 2 amide bonds. The number of carboxylic acid groups (broad SMARTS) is 1. The lowest BCUT2D eigenvalue weighted by Crippen LogP contribution is -2.59. The van der Waals surface area contributed by atoms with Crippen molar-refractivity contribution in [2.45, 2.75) is 53.5 Å². The third-order valence-corrected chi connectivity index (χ3v) is 3.53. The predicted molar refractivity (Wildman–Crippen MR) is 71.5 cm³/mol. The highest BCUT2D eigenvalue weighted by molar-refractivity contribution is 5.79. The van der Waals surface area contributed by atoms with Crippen LogP contribution >= 0.6 is 0 Å². The lowest BCUT2D eigenvalue weighted by Gasteiger charge is -2.38. The molecule has 5 nitrogen and oxygen atoms in total. The molecule has 0 bridgehead atoms. The Kier molecular flexibility index (Phi) is 5.64. The van der Waals surface area contributed by atoms with Crippen molar-refractivity contribution in [3.63, 3.8) is 0 Å². The molecule has 0 aromatic rings. The summed E-state index contributed by atoms with van der Waals surface area (Å²) in [6, 6.07) is -0.324. The number of nitrogens with one attached hydrogen (secondary N) is 2. The molecule has 0 saturated carbocycles. The Labute approximate surface area is 109 Å². The number of urea groups is 1. The molecule has 3 N–H and O–H groups in total. The summed E-state index contributed by atoms with van der Waals surface area (Å²) >= 11 is 0. The third-order valence-electron chi connectivity index (χ3n) is 3.53. The van der Waals surface area contributed by atoms with E-state index in [2.05, 4.69) is 24.5 Å². The lowest BCUT2D eigenvalue weighted by molar-refractivity contribution is -0.150. The van der Waals surface area contributed by atoms with E-state index in [9.17, 15) is 9.59 Å². The maximum atomic E-state index is 11.7. The van der Waals surface area contributed by atoms with Crippen molar-refractivity contribution in [2.75, 3.05) is 6.54 Å². The molecule has 0 aromatic heterocycles. The number of amides is 2. The Bertz CT molecular complexity index is 309. The number of carbonyl (C=O) groups excluding carboxylic acids is 1. The van der Waals surface area contributed by atoms with Crippen LogP contribution in [0.25, 0.3) is 0 Å². The van der Waals surface area contributed by atoms with Gasteiger partial charge in [0.2, 0.25) is 0 Å². The Morgan fingerprint density at radius 1 is 1.17 bits per heavy atom. The van der Waals surface area contributed by atoms with Crippen LogP contribution in [0, 0.1) is 11.3 Å². The molecule has 0 aliphatic carbocycles. The van der Waals surface area contributed by atoms with E-state index < -0.39 is 16.9 Å². The van der Waals surface area contributed by atoms with Gasteiger partial charge in [-0.1, -0.05) is 13.8 Å². The fourth-order valence-electron chi connectivity index (χ4n) is 1.23. The van der Waals surface area contributed by atoms with Gasteiger partial charge in [-0.2, -0.15) is 0 Å². The highest BCUT2D eigenvalue weighted by atomic mass is 16.4. The maximum Gasteiger partial charge on any atom is 0.315 e. The van der Waals surface area contributed by atoms with E-state index in [-0.39, 0.29) is 6.03 Å². The van der Waals surface area contributed by atoms with Crippen LogP contribution in [-0.4, -0.2) is 29.2 Å². The zero-order valence-corrected chi connectivity index (χ0v) is 12.3. The second-order valence-electron chi connectivity index (χ2n) is 6.12. The molecular formula is C13H26N2O3. The summed E-state index contributed by atoms with van der Waals surface area (Å²) in [5, 5.41) is 14.6. The summed E-state index contributed by atoms with van der Waals surface area (Å²) < 4.78 is 0. The maximum absolute atomic E-state index is 11.7. The molecule has 0 unspecified atom stereocenters. The Morgan fingerprint density at radius 2 is 1.67 bits per heavy atom. The zero-order chi connectivity index (χ0) is 14.6. The smallest absolute Gasteiger partial charge is 0.315 e. The van der Waals surface area contributed by atoms with E-state index in [1.165, 1.54) is 0 Å². The zero-order valence-electron chi connectivity index (χ0n) is 12.3. The molecule has 0 saturated heterocycles. The minimum atomic E-state index is -1.04. The summed E-state index contributed by atoms with van der Waals surface area (Å²) in [5.41, 5.74) is -1.87. The first-order valence-corrected chi connectivity index (χ1v) is 6.30. The molecule has 0 aliphatic heterocycles. The first-order valence-electron chi connectivity index (χ1n) is 6.30. The van der Waals surface area contributed by atoms with Crippen molar-refractivity contribution < 1.29 is 14.7 Å². The van der Waals surface area contributed by atoms with Gasteiger partial charge in [-0.3, -0.25) is 4.79 Å². The predicted octanol–water partition coefficient (Wildman–Crippen LogP) is 2.22. The van der Waals surface area contributed by atoms with Crippen molar-refractivity contribution in [1.82, 2.24) is 10.6 Å². The topological polar surface area (TPSA) is 78.4 Å². The normalized spacial score (nSPS) is 12.4. The van der Waals surface area contributed by atoms with Gasteiger partial charge in [0, 0.05) is 6.54 Å². The van der Waals surface area contributed by atoms with E-state index in [1.54, 1.807) is 27.7 Å². The molecule has 0 atom stereocenters. The summed E-state index contributed by atoms with van der Waals surface area (Å²) in [4.78, 5) is 22.9. The monoisotopic (exact) mass is 258 g/mol. The summed E-state index contributed by atoms with van der Waals surface area (Å²) in [7, 11) is 0. The lowest BCUT2D eigenvalue weighted by atomic mass is 9.74. The second kappa shape index (κ2) is 6.07. The van der Waals surface area contributed by atoms with Gasteiger partial charge in [-0.15, -0.1) is 0 Å². The molecule has 0 rings (SSSR count). The van der Waals surface area contributed by atoms with Crippen LogP contribution in [0.15, 0.2) is 0 Å². The molecule has 0 aromatic carbocycles. The van der Waals surface area contributed by atoms with Crippen molar-refractivity contribution in [1.29, 1.82) is 0 Å². The van der Waals surface area contributed by atoms with Gasteiger partial charge in [0.25, 0.3) is 0 Å². The van der Waals surface area contributed by atoms with Gasteiger partial charge in [0.05, 0.1) is 11.0 Å². The largest absolute Gasteiger partial charge is 0.481 e. The van der Waals surface area contributed by atoms with E-state index >= 15 is 0 Å². The van der Waals surface area contributed by atoms with Gasteiger partial charge in [0.15, 0.2) is 0 Å². The number of rotatable bonds is 6. The summed E-state index contributed by atoms with van der Waals surface area (Å²) in [5.74, 6) is -0.413. The molecule has 0 aliphatic rings. The molecule has 0 heterocycles. The number of hydrogen-bond acceptors (Lipinski definition) is 2. The fourth-order valence-corrected chi connectivity index (χ4v) is 1.23. The van der Waals surface area contributed by atoms with Gasteiger partial charge < -0.3 is 15.7 Å². The van der Waals surface area contributed by atoms with Crippen LogP contribution in [0.5, 0.6) is 0 Å². The average Bonchev–Trinajstić information content (AvgIpc) is 2.15. The van der Waals surface area contributed by atoms with Gasteiger partial charge >= 0.3 is 12.0 Å². The molecule has 0 spiro atoms. The number of carboxylic acids is 1. The number of carbonyl (C=O) groups is 2. The van der Waals surface area contributed by atoms with Gasteiger partial charge in [-0.05, 0) is 40.0 Å². The number of aliphatic carboxylic acids is 1.